The van der Waals surface area contributed by atoms with E-state index >= 15 is 0 Å². The minimum atomic E-state index is -0.379. The van der Waals surface area contributed by atoms with Gasteiger partial charge in [0.05, 0.1) is 16.3 Å². The van der Waals surface area contributed by atoms with Gasteiger partial charge in [0, 0.05) is 9.92 Å². The van der Waals surface area contributed by atoms with Crippen molar-refractivity contribution in [2.45, 2.75) is 16.0 Å². The van der Waals surface area contributed by atoms with E-state index in [1.54, 1.807) is 12.4 Å². The lowest BCUT2D eigenvalue weighted by Crippen LogP contribution is -2.05. The molecule has 1 heterocycles. The van der Waals surface area contributed by atoms with E-state index in [1.165, 1.54) is 23.1 Å². The summed E-state index contributed by atoms with van der Waals surface area (Å²) in [7, 11) is 0. The predicted octanol–water partition coefficient (Wildman–Crippen LogP) is 4.12. The number of hydrogen-bond acceptors (Lipinski definition) is 5. The Bertz CT molecular complexity index is 539. The van der Waals surface area contributed by atoms with E-state index in [2.05, 4.69) is 4.98 Å². The number of hydrogen-bond donors (Lipinski definition) is 0. The highest BCUT2D eigenvalue weighted by Crippen LogP contribution is 2.34. The Kier molecular flexibility index (Phi) is 4.63. The third-order valence-corrected chi connectivity index (χ3v) is 4.32. The molecule has 0 aliphatic carbocycles. The normalized spacial score (nSPS) is 10.3. The van der Waals surface area contributed by atoms with Gasteiger partial charge in [0.2, 0.25) is 0 Å². The van der Waals surface area contributed by atoms with Gasteiger partial charge in [-0.1, -0.05) is 23.4 Å². The van der Waals surface area contributed by atoms with Crippen LogP contribution < -0.4 is 0 Å². The van der Waals surface area contributed by atoms with Crippen LogP contribution in [-0.2, 0) is 4.74 Å². The molecule has 1 aromatic heterocycles. The Hall–Kier alpha value is -1.04. The Balaban J connectivity index is 2.17. The second kappa shape index (κ2) is 6.22. The zero-order chi connectivity index (χ0) is 13.0. The van der Waals surface area contributed by atoms with Gasteiger partial charge in [-0.25, -0.2) is 9.78 Å². The van der Waals surface area contributed by atoms with Crippen LogP contribution in [0.3, 0.4) is 0 Å². The molecule has 0 spiro atoms. The molecule has 0 aliphatic rings. The average molecular weight is 300 g/mol. The van der Waals surface area contributed by atoms with Crippen LogP contribution in [0.1, 0.15) is 17.4 Å². The van der Waals surface area contributed by atoms with Crippen molar-refractivity contribution in [1.29, 1.82) is 0 Å². The van der Waals surface area contributed by atoms with Crippen LogP contribution in [0.2, 0.25) is 5.02 Å². The second-order valence-electron chi connectivity index (χ2n) is 3.26. The highest BCUT2D eigenvalue weighted by atomic mass is 35.5. The molecule has 0 radical (unpaired) electrons. The number of halogens is 1. The summed E-state index contributed by atoms with van der Waals surface area (Å²) in [6, 6.07) is 7.44. The standard InChI is InChI=1S/C12H10ClNO2S2/c1-2-16-11(15)10-12(17-7-14-10)18-9-5-3-8(13)4-6-9/h3-7H,2H2,1H3. The SMILES string of the molecule is CCOC(=O)c1ncsc1Sc1ccc(Cl)cc1. The van der Waals surface area contributed by atoms with Crippen molar-refractivity contribution in [2.75, 3.05) is 6.61 Å². The van der Waals surface area contributed by atoms with Crippen molar-refractivity contribution in [2.24, 2.45) is 0 Å². The van der Waals surface area contributed by atoms with E-state index in [0.29, 0.717) is 17.3 Å². The van der Waals surface area contributed by atoms with E-state index in [9.17, 15) is 4.79 Å². The van der Waals surface area contributed by atoms with Crippen molar-refractivity contribution in [1.82, 2.24) is 4.98 Å². The first-order chi connectivity index (χ1) is 8.70. The van der Waals surface area contributed by atoms with Gasteiger partial charge in [-0.2, -0.15) is 0 Å². The first-order valence-electron chi connectivity index (χ1n) is 5.24. The van der Waals surface area contributed by atoms with Crippen LogP contribution >= 0.6 is 34.7 Å². The summed E-state index contributed by atoms with van der Waals surface area (Å²) in [5, 5.41) is 0.689. The molecule has 0 amide bonds. The molecule has 94 valence electrons. The fourth-order valence-electron chi connectivity index (χ4n) is 1.25. The minimum absolute atomic E-state index is 0.349. The Labute approximate surface area is 118 Å². The highest BCUT2D eigenvalue weighted by Gasteiger charge is 2.16. The molecule has 0 saturated carbocycles. The maximum Gasteiger partial charge on any atom is 0.359 e. The molecule has 0 saturated heterocycles. The predicted molar refractivity (Wildman–Crippen MR) is 73.6 cm³/mol. The van der Waals surface area contributed by atoms with Crippen LogP contribution in [-0.4, -0.2) is 17.6 Å². The van der Waals surface area contributed by atoms with Crippen LogP contribution in [0.15, 0.2) is 38.9 Å². The molecule has 3 nitrogen and oxygen atoms in total. The van der Waals surface area contributed by atoms with Crippen molar-refractivity contribution in [3.05, 3.63) is 40.5 Å². The van der Waals surface area contributed by atoms with Gasteiger partial charge in [-0.05, 0) is 31.2 Å². The molecule has 6 heteroatoms. The topological polar surface area (TPSA) is 39.2 Å². The van der Waals surface area contributed by atoms with Gasteiger partial charge in [-0.3, -0.25) is 0 Å². The lowest BCUT2D eigenvalue weighted by molar-refractivity contribution is 0.0516. The molecule has 0 aliphatic heterocycles. The van der Waals surface area contributed by atoms with Gasteiger partial charge in [0.25, 0.3) is 0 Å². The molecule has 18 heavy (non-hydrogen) atoms. The molecule has 2 rings (SSSR count). The monoisotopic (exact) mass is 299 g/mol. The molecule has 0 N–H and O–H groups in total. The van der Waals surface area contributed by atoms with Crippen molar-refractivity contribution in [3.63, 3.8) is 0 Å². The summed E-state index contributed by atoms with van der Waals surface area (Å²) < 4.78 is 5.78. The smallest absolute Gasteiger partial charge is 0.359 e. The molecule has 2 aromatic rings. The van der Waals surface area contributed by atoms with Crippen LogP contribution in [0, 0.1) is 0 Å². The van der Waals surface area contributed by atoms with Crippen molar-refractivity contribution >= 4 is 40.7 Å². The fraction of sp³-hybridized carbons (Fsp3) is 0.167. The third kappa shape index (κ3) is 3.25. The summed E-state index contributed by atoms with van der Waals surface area (Å²) in [5.41, 5.74) is 2.02. The maximum atomic E-state index is 11.7. The molecule has 1 aromatic carbocycles. The fourth-order valence-corrected chi connectivity index (χ4v) is 3.21. The first-order valence-corrected chi connectivity index (χ1v) is 7.32. The molecular formula is C12H10ClNO2S2. The van der Waals surface area contributed by atoms with Crippen LogP contribution in [0.25, 0.3) is 0 Å². The number of thiazole rings is 1. The summed E-state index contributed by atoms with van der Waals surface area (Å²) in [6.45, 7) is 2.12. The largest absolute Gasteiger partial charge is 0.461 e. The van der Waals surface area contributed by atoms with Gasteiger partial charge in [-0.15, -0.1) is 11.3 Å². The maximum absolute atomic E-state index is 11.7. The number of esters is 1. The number of nitrogens with zero attached hydrogens (tertiary/aromatic N) is 1. The van der Waals surface area contributed by atoms with E-state index in [-0.39, 0.29) is 5.97 Å². The summed E-state index contributed by atoms with van der Waals surface area (Å²) in [5.74, 6) is -0.379. The lowest BCUT2D eigenvalue weighted by Gasteiger charge is -2.02. The molecule has 0 fully saturated rings. The van der Waals surface area contributed by atoms with Crippen molar-refractivity contribution in [3.8, 4) is 0 Å². The Morgan fingerprint density at radius 1 is 1.44 bits per heavy atom. The average Bonchev–Trinajstić information content (AvgIpc) is 2.81. The number of ether oxygens (including phenoxy) is 1. The molecular weight excluding hydrogens is 290 g/mol. The zero-order valence-electron chi connectivity index (χ0n) is 9.55. The van der Waals surface area contributed by atoms with Crippen molar-refractivity contribution < 1.29 is 9.53 Å². The van der Waals surface area contributed by atoms with E-state index in [0.717, 1.165) is 9.10 Å². The zero-order valence-corrected chi connectivity index (χ0v) is 11.9. The second-order valence-corrected chi connectivity index (χ2v) is 5.90. The highest BCUT2D eigenvalue weighted by molar-refractivity contribution is 8.01. The first kappa shape index (κ1) is 13.4. The molecule has 0 unspecified atom stereocenters. The van der Waals surface area contributed by atoms with E-state index in [1.807, 2.05) is 24.3 Å². The molecule has 0 atom stereocenters. The van der Waals surface area contributed by atoms with E-state index < -0.39 is 0 Å². The van der Waals surface area contributed by atoms with Gasteiger partial charge in [0.1, 0.15) is 0 Å². The third-order valence-electron chi connectivity index (χ3n) is 2.03. The number of carbonyl (C=O) groups excluding carboxylic acids is 1. The quantitative estimate of drug-likeness (QED) is 0.796. The Morgan fingerprint density at radius 3 is 2.83 bits per heavy atom. The van der Waals surface area contributed by atoms with E-state index in [4.69, 9.17) is 16.3 Å². The number of benzene rings is 1. The Morgan fingerprint density at radius 2 is 2.17 bits per heavy atom. The number of rotatable bonds is 4. The van der Waals surface area contributed by atoms with Gasteiger partial charge in [0.15, 0.2) is 5.69 Å². The van der Waals surface area contributed by atoms with Gasteiger partial charge >= 0.3 is 5.97 Å². The molecule has 0 bridgehead atoms. The minimum Gasteiger partial charge on any atom is -0.461 e. The van der Waals surface area contributed by atoms with Crippen LogP contribution in [0.5, 0.6) is 0 Å². The van der Waals surface area contributed by atoms with Gasteiger partial charge < -0.3 is 4.74 Å². The summed E-state index contributed by atoms with van der Waals surface area (Å²) in [6.07, 6.45) is 0. The lowest BCUT2D eigenvalue weighted by atomic mass is 10.4. The van der Waals surface area contributed by atoms with Crippen LogP contribution in [0.4, 0.5) is 0 Å². The number of carbonyl (C=O) groups is 1. The summed E-state index contributed by atoms with van der Waals surface area (Å²) in [4.78, 5) is 16.7. The number of aromatic nitrogens is 1. The summed E-state index contributed by atoms with van der Waals surface area (Å²) >= 11 is 8.72.